The van der Waals surface area contributed by atoms with Crippen LogP contribution in [0.25, 0.3) is 11.5 Å². The number of nitrogens with zero attached hydrogens (tertiary/aromatic N) is 2. The van der Waals surface area contributed by atoms with E-state index in [2.05, 4.69) is 4.98 Å². The maximum Gasteiger partial charge on any atom is 0.291 e. The van der Waals surface area contributed by atoms with E-state index >= 15 is 0 Å². The Kier molecular flexibility index (Phi) is 5.21. The van der Waals surface area contributed by atoms with Gasteiger partial charge in [-0.15, -0.1) is 12.4 Å². The molecular formula is C16H20ClN3O2. The number of benzene rings is 1. The van der Waals surface area contributed by atoms with Gasteiger partial charge >= 0.3 is 0 Å². The average molecular weight is 322 g/mol. The quantitative estimate of drug-likeness (QED) is 0.923. The van der Waals surface area contributed by atoms with Crippen molar-refractivity contribution in [3.05, 3.63) is 41.8 Å². The molecule has 1 aliphatic heterocycles. The number of carbonyl (C=O) groups is 1. The Labute approximate surface area is 135 Å². The van der Waals surface area contributed by atoms with Crippen LogP contribution in [0.3, 0.4) is 0 Å². The Balaban J connectivity index is 0.00000176. The third-order valence-electron chi connectivity index (χ3n) is 3.84. The van der Waals surface area contributed by atoms with Crippen LogP contribution < -0.4 is 5.73 Å². The fourth-order valence-electron chi connectivity index (χ4n) is 2.55. The molecule has 1 aromatic heterocycles. The normalized spacial score (nSPS) is 15.5. The van der Waals surface area contributed by atoms with Crippen LogP contribution in [0.2, 0.25) is 0 Å². The van der Waals surface area contributed by atoms with Crippen molar-refractivity contribution in [2.75, 3.05) is 13.1 Å². The van der Waals surface area contributed by atoms with Crippen molar-refractivity contribution in [2.24, 2.45) is 5.73 Å². The Morgan fingerprint density at radius 3 is 2.55 bits per heavy atom. The number of likely N-dealkylation sites (tertiary alicyclic amines) is 1. The van der Waals surface area contributed by atoms with E-state index in [4.69, 9.17) is 10.2 Å². The van der Waals surface area contributed by atoms with Crippen LogP contribution in [0.1, 0.15) is 29.1 Å². The third kappa shape index (κ3) is 3.31. The van der Waals surface area contributed by atoms with Crippen molar-refractivity contribution in [1.29, 1.82) is 0 Å². The minimum absolute atomic E-state index is 0. The zero-order chi connectivity index (χ0) is 14.8. The van der Waals surface area contributed by atoms with Gasteiger partial charge in [0.15, 0.2) is 0 Å². The highest BCUT2D eigenvalue weighted by Gasteiger charge is 2.26. The highest BCUT2D eigenvalue weighted by molar-refractivity contribution is 5.93. The molecule has 0 aliphatic carbocycles. The molecular weight excluding hydrogens is 302 g/mol. The van der Waals surface area contributed by atoms with Crippen LogP contribution in [-0.2, 0) is 0 Å². The molecule has 118 valence electrons. The summed E-state index contributed by atoms with van der Waals surface area (Å²) in [6.45, 7) is 3.17. The second-order valence-corrected chi connectivity index (χ2v) is 5.43. The molecule has 1 amide bonds. The van der Waals surface area contributed by atoms with E-state index in [1.165, 1.54) is 0 Å². The average Bonchev–Trinajstić information content (AvgIpc) is 2.90. The summed E-state index contributed by atoms with van der Waals surface area (Å²) in [7, 11) is 0. The third-order valence-corrected chi connectivity index (χ3v) is 3.84. The lowest BCUT2D eigenvalue weighted by Gasteiger charge is -2.29. The Bertz CT molecular complexity index is 634. The van der Waals surface area contributed by atoms with Crippen LogP contribution in [0, 0.1) is 6.92 Å². The van der Waals surface area contributed by atoms with Gasteiger partial charge in [-0.2, -0.15) is 0 Å². The number of carbonyl (C=O) groups excluding carboxylic acids is 1. The van der Waals surface area contributed by atoms with E-state index in [-0.39, 0.29) is 24.4 Å². The molecule has 2 N–H and O–H groups in total. The maximum atomic E-state index is 12.5. The first kappa shape index (κ1) is 16.5. The van der Waals surface area contributed by atoms with E-state index in [0.29, 0.717) is 30.4 Å². The van der Waals surface area contributed by atoms with Gasteiger partial charge in [0, 0.05) is 24.7 Å². The van der Waals surface area contributed by atoms with Gasteiger partial charge in [-0.3, -0.25) is 4.79 Å². The number of aryl methyl sites for hydroxylation is 1. The SMILES string of the molecule is Cc1nc(-c2ccccc2)oc1C(=O)N1CCC(N)CC1.Cl. The van der Waals surface area contributed by atoms with Gasteiger partial charge in [0.25, 0.3) is 5.91 Å². The number of piperidine rings is 1. The molecule has 1 saturated heterocycles. The first-order valence-electron chi connectivity index (χ1n) is 7.23. The Hall–Kier alpha value is -1.85. The number of amides is 1. The summed E-state index contributed by atoms with van der Waals surface area (Å²) in [4.78, 5) is 18.7. The lowest BCUT2D eigenvalue weighted by atomic mass is 10.1. The fourth-order valence-corrected chi connectivity index (χ4v) is 2.55. The van der Waals surface area contributed by atoms with E-state index in [1.807, 2.05) is 30.3 Å². The number of halogens is 1. The first-order valence-corrected chi connectivity index (χ1v) is 7.23. The summed E-state index contributed by atoms with van der Waals surface area (Å²) in [5, 5.41) is 0. The molecule has 22 heavy (non-hydrogen) atoms. The second-order valence-electron chi connectivity index (χ2n) is 5.43. The number of rotatable bonds is 2. The molecule has 0 bridgehead atoms. The van der Waals surface area contributed by atoms with Gasteiger partial charge in [0.1, 0.15) is 0 Å². The van der Waals surface area contributed by atoms with Crippen molar-refractivity contribution in [3.8, 4) is 11.5 Å². The molecule has 2 heterocycles. The summed E-state index contributed by atoms with van der Waals surface area (Å²) in [5.41, 5.74) is 7.38. The summed E-state index contributed by atoms with van der Waals surface area (Å²) in [6, 6.07) is 9.80. The zero-order valence-corrected chi connectivity index (χ0v) is 13.3. The van der Waals surface area contributed by atoms with Crippen LogP contribution in [0.15, 0.2) is 34.7 Å². The molecule has 0 saturated carbocycles. The number of aromatic nitrogens is 1. The Morgan fingerprint density at radius 1 is 1.27 bits per heavy atom. The van der Waals surface area contributed by atoms with Crippen LogP contribution in [0.5, 0.6) is 0 Å². The Morgan fingerprint density at radius 2 is 1.91 bits per heavy atom. The van der Waals surface area contributed by atoms with Gasteiger partial charge in [-0.25, -0.2) is 4.98 Å². The molecule has 6 heteroatoms. The standard InChI is InChI=1S/C16H19N3O2.ClH/c1-11-14(16(20)19-9-7-13(17)8-10-19)21-15(18-11)12-5-3-2-4-6-12;/h2-6,13H,7-10,17H2,1H3;1H. The van der Waals surface area contributed by atoms with E-state index in [9.17, 15) is 4.79 Å². The molecule has 1 aliphatic rings. The highest BCUT2D eigenvalue weighted by atomic mass is 35.5. The zero-order valence-electron chi connectivity index (χ0n) is 12.5. The monoisotopic (exact) mass is 321 g/mol. The summed E-state index contributed by atoms with van der Waals surface area (Å²) >= 11 is 0. The number of nitrogens with two attached hydrogens (primary N) is 1. The van der Waals surface area contributed by atoms with Crippen molar-refractivity contribution in [2.45, 2.75) is 25.8 Å². The summed E-state index contributed by atoms with van der Waals surface area (Å²) < 4.78 is 5.71. The number of oxazole rings is 1. The van der Waals surface area contributed by atoms with Gasteiger partial charge in [-0.1, -0.05) is 18.2 Å². The molecule has 0 spiro atoms. The predicted octanol–water partition coefficient (Wildman–Crippen LogP) is 2.64. The molecule has 0 unspecified atom stereocenters. The van der Waals surface area contributed by atoms with Crippen molar-refractivity contribution < 1.29 is 9.21 Å². The molecule has 5 nitrogen and oxygen atoms in total. The largest absolute Gasteiger partial charge is 0.431 e. The molecule has 2 aromatic rings. The molecule has 1 fully saturated rings. The van der Waals surface area contributed by atoms with Crippen LogP contribution in [0.4, 0.5) is 0 Å². The van der Waals surface area contributed by atoms with Gasteiger partial charge < -0.3 is 15.1 Å². The van der Waals surface area contributed by atoms with Gasteiger partial charge in [-0.05, 0) is 31.9 Å². The van der Waals surface area contributed by atoms with Gasteiger partial charge in [0.05, 0.1) is 5.69 Å². The maximum absolute atomic E-state index is 12.5. The topological polar surface area (TPSA) is 72.4 Å². The summed E-state index contributed by atoms with van der Waals surface area (Å²) in [6.07, 6.45) is 1.68. The minimum Gasteiger partial charge on any atom is -0.431 e. The number of hydrogen-bond acceptors (Lipinski definition) is 4. The van der Waals surface area contributed by atoms with Gasteiger partial charge in [0.2, 0.25) is 11.7 Å². The predicted molar refractivity (Wildman–Crippen MR) is 87.0 cm³/mol. The van der Waals surface area contributed by atoms with E-state index < -0.39 is 0 Å². The molecule has 0 radical (unpaired) electrons. The molecule has 0 atom stereocenters. The van der Waals surface area contributed by atoms with Crippen LogP contribution >= 0.6 is 12.4 Å². The van der Waals surface area contributed by atoms with Crippen molar-refractivity contribution in [1.82, 2.24) is 9.88 Å². The number of hydrogen-bond donors (Lipinski definition) is 1. The fraction of sp³-hybridized carbons (Fsp3) is 0.375. The highest BCUT2D eigenvalue weighted by Crippen LogP contribution is 2.23. The van der Waals surface area contributed by atoms with E-state index in [1.54, 1.807) is 11.8 Å². The minimum atomic E-state index is -0.0888. The van der Waals surface area contributed by atoms with Crippen molar-refractivity contribution >= 4 is 18.3 Å². The smallest absolute Gasteiger partial charge is 0.291 e. The second kappa shape index (κ2) is 6.94. The summed E-state index contributed by atoms with van der Waals surface area (Å²) in [5.74, 6) is 0.739. The molecule has 3 rings (SSSR count). The van der Waals surface area contributed by atoms with Crippen LogP contribution in [-0.4, -0.2) is 34.9 Å². The first-order chi connectivity index (χ1) is 10.1. The van der Waals surface area contributed by atoms with E-state index in [0.717, 1.165) is 18.4 Å². The van der Waals surface area contributed by atoms with Crippen molar-refractivity contribution in [3.63, 3.8) is 0 Å². The molecule has 1 aromatic carbocycles. The lowest BCUT2D eigenvalue weighted by molar-refractivity contribution is 0.0682. The lowest BCUT2D eigenvalue weighted by Crippen LogP contribution is -2.42.